The third-order valence-electron chi connectivity index (χ3n) is 1.97. The smallest absolute Gasteiger partial charge is 0.170 e. The summed E-state index contributed by atoms with van der Waals surface area (Å²) in [4.78, 5) is 0. The van der Waals surface area contributed by atoms with Crippen molar-refractivity contribution in [2.24, 2.45) is 11.3 Å². The van der Waals surface area contributed by atoms with E-state index in [1.54, 1.807) is 20.8 Å². The van der Waals surface area contributed by atoms with E-state index in [9.17, 15) is 26.3 Å². The van der Waals surface area contributed by atoms with Crippen LogP contribution in [-0.2, 0) is 0 Å². The lowest BCUT2D eigenvalue weighted by Gasteiger charge is -2.26. The third-order valence-corrected chi connectivity index (χ3v) is 1.97. The molecule has 0 aliphatic carbocycles. The summed E-state index contributed by atoms with van der Waals surface area (Å²) in [5.41, 5.74) is -0.533. The molecule has 0 atom stereocenters. The van der Waals surface area contributed by atoms with E-state index in [2.05, 4.69) is 0 Å². The molecule has 0 aromatic heterocycles. The lowest BCUT2D eigenvalue weighted by Crippen LogP contribution is -2.37. The molecule has 92 valence electrons. The molecule has 0 aliphatic rings. The highest BCUT2D eigenvalue weighted by Crippen LogP contribution is 2.43. The number of halogens is 6. The van der Waals surface area contributed by atoms with Gasteiger partial charge in [0.2, 0.25) is 0 Å². The van der Waals surface area contributed by atoms with Gasteiger partial charge in [-0.15, -0.1) is 0 Å². The summed E-state index contributed by atoms with van der Waals surface area (Å²) in [6.45, 7) is 4.82. The molecule has 0 nitrogen and oxygen atoms in total. The van der Waals surface area contributed by atoms with E-state index in [0.29, 0.717) is 0 Å². The van der Waals surface area contributed by atoms with Crippen LogP contribution >= 0.6 is 0 Å². The highest BCUT2D eigenvalue weighted by Gasteiger charge is 2.56. The first kappa shape index (κ1) is 14.6. The fraction of sp³-hybridized carbons (Fsp3) is 1.00. The van der Waals surface area contributed by atoms with Gasteiger partial charge in [-0.3, -0.25) is 0 Å². The Morgan fingerprint density at radius 2 is 1.13 bits per heavy atom. The molecule has 0 unspecified atom stereocenters. The summed E-state index contributed by atoms with van der Waals surface area (Å²) in [5, 5.41) is 0. The molecule has 0 saturated carbocycles. The monoisotopic (exact) mass is 236 g/mol. The van der Waals surface area contributed by atoms with Crippen LogP contribution < -0.4 is 0 Å². The fourth-order valence-electron chi connectivity index (χ4n) is 1.09. The van der Waals surface area contributed by atoms with Crippen LogP contribution in [0.3, 0.4) is 0 Å². The Morgan fingerprint density at radius 3 is 1.33 bits per heavy atom. The Bertz CT molecular complexity index is 180. The van der Waals surface area contributed by atoms with Crippen LogP contribution in [-0.4, -0.2) is 12.4 Å². The highest BCUT2D eigenvalue weighted by atomic mass is 19.4. The van der Waals surface area contributed by atoms with Crippen LogP contribution in [0.1, 0.15) is 33.6 Å². The zero-order valence-corrected chi connectivity index (χ0v) is 8.76. The number of rotatable bonds is 2. The quantitative estimate of drug-likeness (QED) is 0.617. The van der Waals surface area contributed by atoms with Crippen molar-refractivity contribution in [1.29, 1.82) is 0 Å². The van der Waals surface area contributed by atoms with Crippen molar-refractivity contribution in [3.8, 4) is 0 Å². The second-order valence-electron chi connectivity index (χ2n) is 4.74. The van der Waals surface area contributed by atoms with Crippen molar-refractivity contribution in [3.05, 3.63) is 0 Å². The molecule has 0 fully saturated rings. The Kier molecular flexibility index (Phi) is 4.10. The molecular formula is C9H14F6. The predicted molar refractivity (Wildman–Crippen MR) is 44.3 cm³/mol. The molecule has 0 heterocycles. The normalized spacial score (nSPS) is 14.8. The van der Waals surface area contributed by atoms with Gasteiger partial charge in [0.1, 0.15) is 0 Å². The molecule has 15 heavy (non-hydrogen) atoms. The minimum Gasteiger partial charge on any atom is -0.170 e. The van der Waals surface area contributed by atoms with E-state index in [-0.39, 0.29) is 6.42 Å². The van der Waals surface area contributed by atoms with E-state index in [4.69, 9.17) is 0 Å². The molecule has 0 N–H and O–H groups in total. The van der Waals surface area contributed by atoms with E-state index in [0.717, 1.165) is 0 Å². The molecule has 0 amide bonds. The standard InChI is InChI=1S/C9H14F6/c1-7(2,3)5-4-6(8(10,11)12)9(13,14)15/h6H,4-5H2,1-3H3. The van der Waals surface area contributed by atoms with Crippen LogP contribution in [0, 0.1) is 11.3 Å². The largest absolute Gasteiger partial charge is 0.400 e. The lowest BCUT2D eigenvalue weighted by molar-refractivity contribution is -0.286. The van der Waals surface area contributed by atoms with Crippen molar-refractivity contribution in [2.45, 2.75) is 46.0 Å². The maximum atomic E-state index is 12.1. The Morgan fingerprint density at radius 1 is 0.800 bits per heavy atom. The predicted octanol–water partition coefficient (Wildman–Crippen LogP) is 4.55. The summed E-state index contributed by atoms with van der Waals surface area (Å²) in [7, 11) is 0. The van der Waals surface area contributed by atoms with Crippen molar-refractivity contribution < 1.29 is 26.3 Å². The molecule has 6 heteroatoms. The first-order valence-electron chi connectivity index (χ1n) is 4.47. The highest BCUT2D eigenvalue weighted by molar-refractivity contribution is 4.77. The van der Waals surface area contributed by atoms with Crippen LogP contribution in [0.25, 0.3) is 0 Å². The molecule has 0 saturated heterocycles. The van der Waals surface area contributed by atoms with Gasteiger partial charge in [0.25, 0.3) is 0 Å². The molecule has 0 aromatic carbocycles. The summed E-state index contributed by atoms with van der Waals surface area (Å²) < 4.78 is 72.4. The van der Waals surface area contributed by atoms with Crippen LogP contribution in [0.4, 0.5) is 26.3 Å². The van der Waals surface area contributed by atoms with Crippen LogP contribution in [0.15, 0.2) is 0 Å². The SMILES string of the molecule is CC(C)(C)CCC(C(F)(F)F)C(F)(F)F. The molecule has 0 aromatic rings. The van der Waals surface area contributed by atoms with Crippen molar-refractivity contribution in [2.75, 3.05) is 0 Å². The molecule has 0 spiro atoms. The topological polar surface area (TPSA) is 0 Å². The number of hydrogen-bond donors (Lipinski definition) is 0. The van der Waals surface area contributed by atoms with Gasteiger partial charge >= 0.3 is 12.4 Å². The van der Waals surface area contributed by atoms with Gasteiger partial charge in [-0.25, -0.2) is 0 Å². The fourth-order valence-corrected chi connectivity index (χ4v) is 1.09. The average molecular weight is 236 g/mol. The summed E-state index contributed by atoms with van der Waals surface area (Å²) >= 11 is 0. The first-order chi connectivity index (χ1) is 6.34. The van der Waals surface area contributed by atoms with Gasteiger partial charge in [0.15, 0.2) is 5.92 Å². The minimum atomic E-state index is -5.20. The van der Waals surface area contributed by atoms with Gasteiger partial charge in [0, 0.05) is 0 Å². The average Bonchev–Trinajstić information content (AvgIpc) is 1.75. The lowest BCUT2D eigenvalue weighted by atomic mass is 9.86. The zero-order valence-electron chi connectivity index (χ0n) is 8.76. The van der Waals surface area contributed by atoms with Crippen LogP contribution in [0.2, 0.25) is 0 Å². The summed E-state index contributed by atoms with van der Waals surface area (Å²) in [6.07, 6.45) is -11.4. The first-order valence-corrected chi connectivity index (χ1v) is 4.47. The van der Waals surface area contributed by atoms with E-state index < -0.39 is 30.1 Å². The molecule has 0 bridgehead atoms. The van der Waals surface area contributed by atoms with Crippen LogP contribution in [0.5, 0.6) is 0 Å². The minimum absolute atomic E-state index is 0.114. The van der Waals surface area contributed by atoms with E-state index in [1.807, 2.05) is 0 Å². The number of hydrogen-bond acceptors (Lipinski definition) is 0. The van der Waals surface area contributed by atoms with Gasteiger partial charge in [-0.2, -0.15) is 26.3 Å². The zero-order chi connectivity index (χ0) is 12.5. The van der Waals surface area contributed by atoms with Crippen molar-refractivity contribution >= 4 is 0 Å². The Balaban J connectivity index is 4.56. The maximum Gasteiger partial charge on any atom is 0.400 e. The van der Waals surface area contributed by atoms with E-state index in [1.165, 1.54) is 0 Å². The molecule has 0 rings (SSSR count). The number of alkyl halides is 6. The summed E-state index contributed by atoms with van der Waals surface area (Å²) in [6, 6.07) is 0. The van der Waals surface area contributed by atoms with Gasteiger partial charge in [-0.05, 0) is 18.3 Å². The second kappa shape index (κ2) is 4.22. The molecule has 0 aliphatic heterocycles. The summed E-state index contributed by atoms with van der Waals surface area (Å²) in [5.74, 6) is -3.20. The van der Waals surface area contributed by atoms with Crippen molar-refractivity contribution in [3.63, 3.8) is 0 Å². The van der Waals surface area contributed by atoms with Gasteiger partial charge in [-0.1, -0.05) is 20.8 Å². The van der Waals surface area contributed by atoms with Crippen molar-refractivity contribution in [1.82, 2.24) is 0 Å². The molecule has 0 radical (unpaired) electrons. The van der Waals surface area contributed by atoms with Gasteiger partial charge < -0.3 is 0 Å². The maximum absolute atomic E-state index is 12.1. The third kappa shape index (κ3) is 5.89. The Labute approximate surface area is 84.7 Å². The Hall–Kier alpha value is -0.420. The van der Waals surface area contributed by atoms with Gasteiger partial charge in [0.05, 0.1) is 0 Å². The second-order valence-corrected chi connectivity index (χ2v) is 4.74. The van der Waals surface area contributed by atoms with E-state index >= 15 is 0 Å². The molecular weight excluding hydrogens is 222 g/mol.